The molecule has 0 aliphatic heterocycles. The predicted octanol–water partition coefficient (Wildman–Crippen LogP) is 6.89. The second-order valence-corrected chi connectivity index (χ2v) is 7.71. The molecule has 0 fully saturated rings. The summed E-state index contributed by atoms with van der Waals surface area (Å²) in [4.78, 5) is 5.08. The van der Waals surface area contributed by atoms with Crippen molar-refractivity contribution in [1.29, 1.82) is 0 Å². The molecular weight excluding hydrogens is 322 g/mol. The maximum absolute atomic E-state index is 5.08. The highest BCUT2D eigenvalue weighted by Gasteiger charge is 2.16. The molecule has 2 heterocycles. The third kappa shape index (κ3) is 2.25. The number of thiophene rings is 1. The molecule has 0 N–H and O–H groups in total. The van der Waals surface area contributed by atoms with E-state index >= 15 is 0 Å². The number of pyridine rings is 1. The third-order valence-electron chi connectivity index (χ3n) is 4.71. The maximum Gasteiger partial charge on any atom is 0.0803 e. The largest absolute Gasteiger partial charge is 0.247 e. The molecule has 0 saturated carbocycles. The van der Waals surface area contributed by atoms with E-state index in [-0.39, 0.29) is 0 Å². The molecule has 0 radical (unpaired) electrons. The van der Waals surface area contributed by atoms with Crippen molar-refractivity contribution in [2.45, 2.75) is 13.8 Å². The van der Waals surface area contributed by atoms with Crippen molar-refractivity contribution >= 4 is 42.4 Å². The lowest BCUT2D eigenvalue weighted by Crippen LogP contribution is -1.89. The molecule has 0 unspecified atom stereocenters. The first-order valence-corrected chi connectivity index (χ1v) is 9.31. The van der Waals surface area contributed by atoms with Gasteiger partial charge in [0.2, 0.25) is 0 Å². The predicted molar refractivity (Wildman–Crippen MR) is 110 cm³/mol. The van der Waals surface area contributed by atoms with Gasteiger partial charge in [0.05, 0.1) is 11.2 Å². The van der Waals surface area contributed by atoms with E-state index in [9.17, 15) is 0 Å². The lowest BCUT2D eigenvalue weighted by molar-refractivity contribution is 1.36. The summed E-state index contributed by atoms with van der Waals surface area (Å²) in [6, 6.07) is 23.8. The molecule has 0 bridgehead atoms. The van der Waals surface area contributed by atoms with Crippen molar-refractivity contribution in [3.05, 3.63) is 77.9 Å². The summed E-state index contributed by atoms with van der Waals surface area (Å²) in [5.41, 5.74) is 5.92. The second-order valence-electron chi connectivity index (χ2n) is 6.66. The van der Waals surface area contributed by atoms with E-state index in [1.165, 1.54) is 42.2 Å². The molecule has 2 heteroatoms. The molecular formula is C23H17NS. The summed E-state index contributed by atoms with van der Waals surface area (Å²) in [5, 5.41) is 3.83. The Morgan fingerprint density at radius 2 is 1.44 bits per heavy atom. The Labute approximate surface area is 150 Å². The summed E-state index contributed by atoms with van der Waals surface area (Å²) in [5.74, 6) is 0. The minimum Gasteiger partial charge on any atom is -0.247 e. The van der Waals surface area contributed by atoms with Crippen molar-refractivity contribution in [2.24, 2.45) is 0 Å². The number of hydrogen-bond donors (Lipinski definition) is 0. The van der Waals surface area contributed by atoms with Gasteiger partial charge in [-0.15, -0.1) is 11.3 Å². The number of hydrogen-bond acceptors (Lipinski definition) is 2. The first-order valence-electron chi connectivity index (χ1n) is 8.49. The van der Waals surface area contributed by atoms with Crippen molar-refractivity contribution < 1.29 is 0 Å². The molecule has 0 amide bonds. The van der Waals surface area contributed by atoms with E-state index in [1.807, 2.05) is 11.3 Å². The van der Waals surface area contributed by atoms with Gasteiger partial charge in [-0.25, -0.2) is 4.98 Å². The van der Waals surface area contributed by atoms with Gasteiger partial charge in [0.15, 0.2) is 0 Å². The molecule has 0 aliphatic carbocycles. The van der Waals surface area contributed by atoms with Crippen molar-refractivity contribution in [3.8, 4) is 11.3 Å². The standard InChI is InChI=1S/C23H17NS/c1-14-11-15(2)13-16(12-14)22-21-18-8-4-6-10-20(18)25-23(21)17-7-3-5-9-19(17)24-22/h3-13H,1-2H3. The molecule has 2 aromatic heterocycles. The van der Waals surface area contributed by atoms with Gasteiger partial charge in [-0.1, -0.05) is 53.6 Å². The van der Waals surface area contributed by atoms with Crippen LogP contribution in [0.1, 0.15) is 11.1 Å². The topological polar surface area (TPSA) is 12.9 Å². The van der Waals surface area contributed by atoms with Crippen LogP contribution < -0.4 is 0 Å². The van der Waals surface area contributed by atoms with Gasteiger partial charge in [0, 0.05) is 31.1 Å². The highest BCUT2D eigenvalue weighted by Crippen LogP contribution is 2.42. The van der Waals surface area contributed by atoms with Gasteiger partial charge in [0.25, 0.3) is 0 Å². The summed E-state index contributed by atoms with van der Waals surface area (Å²) >= 11 is 1.87. The van der Waals surface area contributed by atoms with Gasteiger partial charge < -0.3 is 0 Å². The van der Waals surface area contributed by atoms with E-state index in [4.69, 9.17) is 4.98 Å². The quantitative estimate of drug-likeness (QED) is 0.324. The molecule has 3 aromatic carbocycles. The minimum atomic E-state index is 1.07. The van der Waals surface area contributed by atoms with Crippen LogP contribution in [0.3, 0.4) is 0 Å². The minimum absolute atomic E-state index is 1.07. The van der Waals surface area contributed by atoms with E-state index in [0.717, 1.165) is 11.2 Å². The Bertz CT molecular complexity index is 1240. The first-order chi connectivity index (χ1) is 12.2. The fourth-order valence-corrected chi connectivity index (χ4v) is 4.97. The smallest absolute Gasteiger partial charge is 0.0803 e. The Morgan fingerprint density at radius 1 is 0.760 bits per heavy atom. The van der Waals surface area contributed by atoms with Gasteiger partial charge >= 0.3 is 0 Å². The normalized spacial score (nSPS) is 11.6. The van der Waals surface area contributed by atoms with Crippen LogP contribution in [0.15, 0.2) is 66.7 Å². The molecule has 0 spiro atoms. The summed E-state index contributed by atoms with van der Waals surface area (Å²) in [7, 11) is 0. The molecule has 5 aromatic rings. The van der Waals surface area contributed by atoms with Gasteiger partial charge in [-0.05, 0) is 38.1 Å². The average molecular weight is 339 g/mol. The number of fused-ring (bicyclic) bond motifs is 5. The van der Waals surface area contributed by atoms with Crippen LogP contribution >= 0.6 is 11.3 Å². The average Bonchev–Trinajstić information content (AvgIpc) is 3.00. The molecule has 120 valence electrons. The zero-order chi connectivity index (χ0) is 17.0. The number of aryl methyl sites for hydroxylation is 2. The van der Waals surface area contributed by atoms with Crippen LogP contribution in [-0.2, 0) is 0 Å². The van der Waals surface area contributed by atoms with E-state index < -0.39 is 0 Å². The summed E-state index contributed by atoms with van der Waals surface area (Å²) < 4.78 is 2.65. The molecule has 0 atom stereocenters. The van der Waals surface area contributed by atoms with Gasteiger partial charge in [-0.3, -0.25) is 0 Å². The maximum atomic E-state index is 5.08. The molecule has 0 aliphatic rings. The van der Waals surface area contributed by atoms with Crippen LogP contribution in [0.4, 0.5) is 0 Å². The van der Waals surface area contributed by atoms with Crippen molar-refractivity contribution in [3.63, 3.8) is 0 Å². The van der Waals surface area contributed by atoms with Crippen molar-refractivity contribution in [2.75, 3.05) is 0 Å². The highest BCUT2D eigenvalue weighted by molar-refractivity contribution is 7.26. The number of nitrogens with zero attached hydrogens (tertiary/aromatic N) is 1. The lowest BCUT2D eigenvalue weighted by atomic mass is 9.99. The number of aromatic nitrogens is 1. The number of rotatable bonds is 1. The second kappa shape index (κ2) is 5.40. The van der Waals surface area contributed by atoms with Gasteiger partial charge in [0.1, 0.15) is 0 Å². The monoisotopic (exact) mass is 339 g/mol. The Morgan fingerprint density at radius 3 is 2.24 bits per heavy atom. The van der Waals surface area contributed by atoms with E-state index in [2.05, 4.69) is 80.6 Å². The number of para-hydroxylation sites is 1. The lowest BCUT2D eigenvalue weighted by Gasteiger charge is -2.09. The fraction of sp³-hybridized carbons (Fsp3) is 0.0870. The van der Waals surface area contributed by atoms with Crippen LogP contribution in [0.2, 0.25) is 0 Å². The SMILES string of the molecule is Cc1cc(C)cc(-c2nc3ccccc3c3sc4ccccc4c23)c1. The molecule has 25 heavy (non-hydrogen) atoms. The fourth-order valence-electron chi connectivity index (χ4n) is 3.73. The highest BCUT2D eigenvalue weighted by atomic mass is 32.1. The van der Waals surface area contributed by atoms with E-state index in [1.54, 1.807) is 0 Å². The van der Waals surface area contributed by atoms with Crippen LogP contribution in [0, 0.1) is 13.8 Å². The van der Waals surface area contributed by atoms with Crippen LogP contribution in [-0.4, -0.2) is 4.98 Å². The Hall–Kier alpha value is -2.71. The van der Waals surface area contributed by atoms with Crippen LogP contribution in [0.5, 0.6) is 0 Å². The molecule has 5 rings (SSSR count). The summed E-state index contributed by atoms with van der Waals surface area (Å²) in [6.07, 6.45) is 0. The molecule has 0 saturated heterocycles. The van der Waals surface area contributed by atoms with Gasteiger partial charge in [-0.2, -0.15) is 0 Å². The Kier molecular flexibility index (Phi) is 3.16. The molecule has 1 nitrogen and oxygen atoms in total. The summed E-state index contributed by atoms with van der Waals surface area (Å²) in [6.45, 7) is 4.31. The first kappa shape index (κ1) is 14.6. The third-order valence-corrected chi connectivity index (χ3v) is 5.91. The van der Waals surface area contributed by atoms with E-state index in [0.29, 0.717) is 0 Å². The van der Waals surface area contributed by atoms with Crippen LogP contribution in [0.25, 0.3) is 42.3 Å². The van der Waals surface area contributed by atoms with Crippen molar-refractivity contribution in [1.82, 2.24) is 4.98 Å². The zero-order valence-electron chi connectivity index (χ0n) is 14.2. The zero-order valence-corrected chi connectivity index (χ0v) is 15.0. The Balaban J connectivity index is 2.03. The number of benzene rings is 3.